The molecule has 2 atom stereocenters. The van der Waals surface area contributed by atoms with Crippen LogP contribution in [-0.4, -0.2) is 50.9 Å². The lowest BCUT2D eigenvalue weighted by Gasteiger charge is -2.33. The zero-order valence-corrected chi connectivity index (χ0v) is 19.8. The van der Waals surface area contributed by atoms with E-state index < -0.39 is 0 Å². The molecule has 168 valence electrons. The van der Waals surface area contributed by atoms with Gasteiger partial charge in [0.05, 0.1) is 13.2 Å². The highest BCUT2D eigenvalue weighted by molar-refractivity contribution is 5.79. The molecule has 0 bridgehead atoms. The lowest BCUT2D eigenvalue weighted by atomic mass is 9.74. The molecule has 30 heavy (non-hydrogen) atoms. The monoisotopic (exact) mass is 417 g/mol. The normalized spacial score (nSPS) is 21.1. The second-order valence-corrected chi connectivity index (χ2v) is 10.3. The number of carbonyl (C=O) groups is 1. The molecule has 1 aromatic rings. The predicted molar refractivity (Wildman–Crippen MR) is 120 cm³/mol. The molecule has 1 saturated heterocycles. The Bertz CT molecular complexity index is 748. The van der Waals surface area contributed by atoms with Crippen LogP contribution in [0.1, 0.15) is 56.4 Å². The number of aryl methyl sites for hydroxylation is 1. The molecule has 5 nitrogen and oxygen atoms in total. The summed E-state index contributed by atoms with van der Waals surface area (Å²) in [6, 6.07) is 2.22. The van der Waals surface area contributed by atoms with Crippen molar-refractivity contribution in [2.24, 2.45) is 11.8 Å². The summed E-state index contributed by atoms with van der Waals surface area (Å²) < 4.78 is 11.7. The molecule has 1 heterocycles. The van der Waals surface area contributed by atoms with Crippen LogP contribution in [0.3, 0.4) is 0 Å². The van der Waals surface area contributed by atoms with E-state index in [1.165, 1.54) is 22.3 Å². The summed E-state index contributed by atoms with van der Waals surface area (Å²) in [4.78, 5) is 14.3. The van der Waals surface area contributed by atoms with Crippen molar-refractivity contribution in [2.45, 2.75) is 66.3 Å². The Morgan fingerprint density at radius 3 is 2.63 bits per heavy atom. The van der Waals surface area contributed by atoms with Crippen molar-refractivity contribution >= 4 is 5.91 Å². The predicted octanol–water partition coefficient (Wildman–Crippen LogP) is 2.25. The molecular formula is C25H41N2O3+. The lowest BCUT2D eigenvalue weighted by molar-refractivity contribution is -0.908. The number of morpholine rings is 1. The minimum atomic E-state index is -0.187. The third-order valence-corrected chi connectivity index (χ3v) is 6.77. The number of hydrogen-bond acceptors (Lipinski definition) is 3. The lowest BCUT2D eigenvalue weighted by Crippen LogP contribution is -3.14. The number of nitrogens with one attached hydrogen (secondary N) is 2. The zero-order valence-electron chi connectivity index (χ0n) is 19.8. The molecule has 1 aromatic carbocycles. The number of rotatable bonds is 6. The van der Waals surface area contributed by atoms with E-state index in [9.17, 15) is 4.79 Å². The van der Waals surface area contributed by atoms with E-state index in [-0.39, 0.29) is 17.4 Å². The molecule has 1 amide bonds. The molecule has 0 spiro atoms. The summed E-state index contributed by atoms with van der Waals surface area (Å²) >= 11 is 0. The molecule has 0 saturated carbocycles. The summed E-state index contributed by atoms with van der Waals surface area (Å²) in [5, 5.41) is 3.16. The summed E-state index contributed by atoms with van der Waals surface area (Å²) in [5.74, 6) is 1.59. The molecule has 0 aromatic heterocycles. The summed E-state index contributed by atoms with van der Waals surface area (Å²) in [5.41, 5.74) is 5.29. The number of carbonyl (C=O) groups excluding carboxylic acids is 1. The standard InChI is InChI=1S/C25H40N2O3/c1-17-15-23(30-14-11-27-9-12-29-13-10-27)19(3)22-16-20(7-8-21(17)22)18(2)24(28)26-25(4,5)6/h15,18,20H,7-14,16H2,1-6H3,(H,26,28)/p+1/t18-,20+/m0/s1. The van der Waals surface area contributed by atoms with Crippen LogP contribution in [0.4, 0.5) is 0 Å². The average Bonchev–Trinajstić information content (AvgIpc) is 2.70. The van der Waals surface area contributed by atoms with Gasteiger partial charge in [-0.15, -0.1) is 0 Å². The topological polar surface area (TPSA) is 52.0 Å². The van der Waals surface area contributed by atoms with Gasteiger partial charge >= 0.3 is 0 Å². The molecule has 2 N–H and O–H groups in total. The number of amides is 1. The Hall–Kier alpha value is -1.59. The van der Waals surface area contributed by atoms with Crippen molar-refractivity contribution in [1.82, 2.24) is 5.32 Å². The van der Waals surface area contributed by atoms with Crippen LogP contribution in [0, 0.1) is 25.7 Å². The molecule has 1 fully saturated rings. The van der Waals surface area contributed by atoms with Crippen LogP contribution in [0.5, 0.6) is 5.75 Å². The van der Waals surface area contributed by atoms with Gasteiger partial charge in [-0.05, 0) is 88.1 Å². The van der Waals surface area contributed by atoms with Gasteiger partial charge in [-0.1, -0.05) is 6.92 Å². The van der Waals surface area contributed by atoms with Crippen LogP contribution < -0.4 is 15.0 Å². The average molecular weight is 418 g/mol. The van der Waals surface area contributed by atoms with Gasteiger partial charge in [0.1, 0.15) is 32.0 Å². The van der Waals surface area contributed by atoms with Crippen molar-refractivity contribution < 1.29 is 19.2 Å². The van der Waals surface area contributed by atoms with E-state index in [1.54, 1.807) is 4.90 Å². The minimum absolute atomic E-state index is 0.0200. The van der Waals surface area contributed by atoms with Crippen LogP contribution in [-0.2, 0) is 22.4 Å². The van der Waals surface area contributed by atoms with Crippen LogP contribution in [0.2, 0.25) is 0 Å². The molecule has 1 aliphatic carbocycles. The SMILES string of the molecule is Cc1cc(OCC[NH+]2CCOCC2)c(C)c2c1CC[C@@H]([C@H](C)C(=O)NC(C)(C)C)C2. The first-order valence-electron chi connectivity index (χ1n) is 11.6. The van der Waals surface area contributed by atoms with Crippen LogP contribution >= 0.6 is 0 Å². The van der Waals surface area contributed by atoms with Gasteiger partial charge in [0, 0.05) is 11.5 Å². The van der Waals surface area contributed by atoms with Crippen molar-refractivity contribution in [3.05, 3.63) is 28.3 Å². The van der Waals surface area contributed by atoms with Crippen LogP contribution in [0.25, 0.3) is 0 Å². The summed E-state index contributed by atoms with van der Waals surface area (Å²) in [6.07, 6.45) is 3.09. The van der Waals surface area contributed by atoms with Crippen LogP contribution in [0.15, 0.2) is 6.07 Å². The highest BCUT2D eigenvalue weighted by atomic mass is 16.5. The fourth-order valence-corrected chi connectivity index (χ4v) is 4.81. The van der Waals surface area contributed by atoms with E-state index in [4.69, 9.17) is 9.47 Å². The third kappa shape index (κ3) is 5.76. The van der Waals surface area contributed by atoms with E-state index in [1.807, 2.05) is 20.8 Å². The van der Waals surface area contributed by atoms with Gasteiger partial charge < -0.3 is 19.7 Å². The van der Waals surface area contributed by atoms with Crippen molar-refractivity contribution in [3.63, 3.8) is 0 Å². The first kappa shape index (κ1) is 23.1. The maximum atomic E-state index is 12.7. The fraction of sp³-hybridized carbons (Fsp3) is 0.720. The Kier molecular flexibility index (Phi) is 7.46. The minimum Gasteiger partial charge on any atom is -0.487 e. The Morgan fingerprint density at radius 1 is 1.27 bits per heavy atom. The van der Waals surface area contributed by atoms with Gasteiger partial charge in [0.25, 0.3) is 0 Å². The highest BCUT2D eigenvalue weighted by Crippen LogP contribution is 2.37. The first-order chi connectivity index (χ1) is 14.2. The van der Waals surface area contributed by atoms with Crippen molar-refractivity contribution in [1.29, 1.82) is 0 Å². The smallest absolute Gasteiger partial charge is 0.223 e. The number of fused-ring (bicyclic) bond motifs is 1. The Labute approximate surface area is 182 Å². The number of quaternary nitrogens is 1. The molecule has 5 heteroatoms. The molecule has 0 radical (unpaired) electrons. The zero-order chi connectivity index (χ0) is 21.9. The largest absolute Gasteiger partial charge is 0.487 e. The maximum absolute atomic E-state index is 12.7. The van der Waals surface area contributed by atoms with Gasteiger partial charge in [0.2, 0.25) is 5.91 Å². The Morgan fingerprint density at radius 2 is 1.97 bits per heavy atom. The van der Waals surface area contributed by atoms with Gasteiger partial charge in [-0.3, -0.25) is 4.79 Å². The number of ether oxygens (including phenoxy) is 2. The second-order valence-electron chi connectivity index (χ2n) is 10.3. The summed E-state index contributed by atoms with van der Waals surface area (Å²) in [7, 11) is 0. The van der Waals surface area contributed by atoms with Gasteiger partial charge in [-0.2, -0.15) is 0 Å². The Balaban J connectivity index is 1.67. The van der Waals surface area contributed by atoms with Gasteiger partial charge in [0.15, 0.2) is 0 Å². The van der Waals surface area contributed by atoms with E-state index >= 15 is 0 Å². The molecule has 2 aliphatic rings. The summed E-state index contributed by atoms with van der Waals surface area (Å²) in [6.45, 7) is 18.2. The highest BCUT2D eigenvalue weighted by Gasteiger charge is 2.31. The number of benzene rings is 1. The molecule has 3 rings (SSSR count). The van der Waals surface area contributed by atoms with Crippen molar-refractivity contribution in [2.75, 3.05) is 39.5 Å². The quantitative estimate of drug-likeness (QED) is 0.747. The van der Waals surface area contributed by atoms with E-state index in [2.05, 4.69) is 32.2 Å². The van der Waals surface area contributed by atoms with E-state index in [0.717, 1.165) is 64.5 Å². The molecule has 0 unspecified atom stereocenters. The van der Waals surface area contributed by atoms with Gasteiger partial charge in [-0.25, -0.2) is 0 Å². The van der Waals surface area contributed by atoms with E-state index in [0.29, 0.717) is 5.92 Å². The first-order valence-corrected chi connectivity index (χ1v) is 11.6. The molecule has 1 aliphatic heterocycles. The van der Waals surface area contributed by atoms with Crippen molar-refractivity contribution in [3.8, 4) is 5.75 Å². The molecular weight excluding hydrogens is 376 g/mol. The third-order valence-electron chi connectivity index (χ3n) is 6.77. The second kappa shape index (κ2) is 9.69. The maximum Gasteiger partial charge on any atom is 0.223 e. The fourth-order valence-electron chi connectivity index (χ4n) is 4.81. The number of hydrogen-bond donors (Lipinski definition) is 2.